The smallest absolute Gasteiger partial charge is 0.237 e. The summed E-state index contributed by atoms with van der Waals surface area (Å²) in [6, 6.07) is 8.92. The molecule has 1 fully saturated rings. The van der Waals surface area contributed by atoms with E-state index < -0.39 is 0 Å². The number of nitrogens with zero attached hydrogens (tertiary/aromatic N) is 1. The molecule has 2 N–H and O–H groups in total. The van der Waals surface area contributed by atoms with Gasteiger partial charge in [-0.15, -0.1) is 11.3 Å². The lowest BCUT2D eigenvalue weighted by Crippen LogP contribution is -2.50. The first-order valence-corrected chi connectivity index (χ1v) is 11.4. The van der Waals surface area contributed by atoms with E-state index in [0.717, 1.165) is 37.9 Å². The van der Waals surface area contributed by atoms with Gasteiger partial charge in [-0.25, -0.2) is 4.39 Å². The summed E-state index contributed by atoms with van der Waals surface area (Å²) in [6.07, 6.45) is 2.30. The van der Waals surface area contributed by atoms with Gasteiger partial charge in [0.25, 0.3) is 0 Å². The molecule has 1 aromatic heterocycles. The highest BCUT2D eigenvalue weighted by Crippen LogP contribution is 2.20. The molecule has 30 heavy (non-hydrogen) atoms. The predicted molar refractivity (Wildman–Crippen MR) is 118 cm³/mol. The average Bonchev–Trinajstić information content (AvgIpc) is 3.27. The van der Waals surface area contributed by atoms with E-state index >= 15 is 0 Å². The molecule has 2 aromatic rings. The molecular formula is C23H30FN3O2S. The summed E-state index contributed by atoms with van der Waals surface area (Å²) < 4.78 is 13.6. The third kappa shape index (κ3) is 6.12. The summed E-state index contributed by atoms with van der Waals surface area (Å²) in [6.45, 7) is 6.05. The van der Waals surface area contributed by atoms with Crippen LogP contribution >= 0.6 is 11.3 Å². The van der Waals surface area contributed by atoms with Gasteiger partial charge in [0, 0.05) is 23.9 Å². The van der Waals surface area contributed by atoms with E-state index in [1.807, 2.05) is 24.4 Å². The second-order valence-corrected chi connectivity index (χ2v) is 8.94. The number of aryl methyl sites for hydroxylation is 1. The monoisotopic (exact) mass is 431 g/mol. The molecule has 0 saturated carbocycles. The second kappa shape index (κ2) is 10.7. The van der Waals surface area contributed by atoms with Crippen LogP contribution in [0.5, 0.6) is 0 Å². The molecule has 1 saturated heterocycles. The quantitative estimate of drug-likeness (QED) is 0.674. The highest BCUT2D eigenvalue weighted by Gasteiger charge is 2.29. The number of carbonyl (C=O) groups is 2. The molecule has 0 bridgehead atoms. The van der Waals surface area contributed by atoms with Crippen molar-refractivity contribution in [3.05, 3.63) is 57.5 Å². The Labute approximate surface area is 181 Å². The molecule has 0 aliphatic carbocycles. The molecule has 1 unspecified atom stereocenters. The molecule has 7 heteroatoms. The number of rotatable bonds is 8. The van der Waals surface area contributed by atoms with Gasteiger partial charge >= 0.3 is 0 Å². The Morgan fingerprint density at radius 3 is 2.67 bits per heavy atom. The molecule has 2 heterocycles. The first-order valence-electron chi connectivity index (χ1n) is 10.5. The van der Waals surface area contributed by atoms with Gasteiger partial charge in [0.2, 0.25) is 11.8 Å². The number of carbonyl (C=O) groups excluding carboxylic acids is 2. The number of hydrogen-bond donors (Lipinski definition) is 2. The van der Waals surface area contributed by atoms with Crippen molar-refractivity contribution in [3.63, 3.8) is 0 Å². The summed E-state index contributed by atoms with van der Waals surface area (Å²) in [7, 11) is 0. The summed E-state index contributed by atoms with van der Waals surface area (Å²) >= 11 is 1.70. The Kier molecular flexibility index (Phi) is 7.99. The molecule has 2 amide bonds. The fraction of sp³-hybridized carbons (Fsp3) is 0.478. The maximum atomic E-state index is 13.6. The van der Waals surface area contributed by atoms with Crippen LogP contribution in [0.4, 0.5) is 4.39 Å². The van der Waals surface area contributed by atoms with Crippen LogP contribution < -0.4 is 10.6 Å². The number of thiophene rings is 1. The van der Waals surface area contributed by atoms with Crippen molar-refractivity contribution in [3.8, 4) is 0 Å². The minimum Gasteiger partial charge on any atom is -0.354 e. The Hall–Kier alpha value is -2.25. The van der Waals surface area contributed by atoms with Crippen LogP contribution in [0.1, 0.15) is 35.8 Å². The molecule has 3 rings (SSSR count). The zero-order valence-corrected chi connectivity index (χ0v) is 18.4. The molecule has 5 nitrogen and oxygen atoms in total. The Morgan fingerprint density at radius 1 is 1.23 bits per heavy atom. The zero-order valence-electron chi connectivity index (χ0n) is 17.6. The van der Waals surface area contributed by atoms with Crippen molar-refractivity contribution in [1.29, 1.82) is 0 Å². The number of benzene rings is 1. The summed E-state index contributed by atoms with van der Waals surface area (Å²) in [5, 5.41) is 7.98. The van der Waals surface area contributed by atoms with Gasteiger partial charge in [-0.05, 0) is 74.8 Å². The number of halogens is 1. The maximum Gasteiger partial charge on any atom is 0.237 e. The zero-order chi connectivity index (χ0) is 21.5. The fourth-order valence-electron chi connectivity index (χ4n) is 3.71. The van der Waals surface area contributed by atoms with Crippen LogP contribution in [-0.2, 0) is 22.6 Å². The van der Waals surface area contributed by atoms with Crippen LogP contribution in [0.25, 0.3) is 0 Å². The fourth-order valence-corrected chi connectivity index (χ4v) is 4.42. The number of piperidine rings is 1. The Morgan fingerprint density at radius 2 is 2.00 bits per heavy atom. The topological polar surface area (TPSA) is 61.4 Å². The largest absolute Gasteiger partial charge is 0.354 e. The molecule has 162 valence electrons. The minimum atomic E-state index is -0.252. The summed E-state index contributed by atoms with van der Waals surface area (Å²) in [5.74, 6) is -0.275. The lowest BCUT2D eigenvalue weighted by atomic mass is 9.94. The second-order valence-electron chi connectivity index (χ2n) is 7.91. The van der Waals surface area contributed by atoms with Crippen molar-refractivity contribution in [1.82, 2.24) is 15.5 Å². The first kappa shape index (κ1) is 22.4. The molecule has 1 aliphatic heterocycles. The van der Waals surface area contributed by atoms with E-state index in [9.17, 15) is 14.0 Å². The lowest BCUT2D eigenvalue weighted by molar-refractivity contribution is -0.128. The van der Waals surface area contributed by atoms with Gasteiger partial charge in [0.15, 0.2) is 0 Å². The minimum absolute atomic E-state index is 0.00341. The highest BCUT2D eigenvalue weighted by atomic mass is 32.1. The van der Waals surface area contributed by atoms with E-state index in [1.54, 1.807) is 24.3 Å². The third-order valence-electron chi connectivity index (χ3n) is 5.78. The van der Waals surface area contributed by atoms with Gasteiger partial charge in [0.05, 0.1) is 6.04 Å². The van der Waals surface area contributed by atoms with Crippen LogP contribution in [0.15, 0.2) is 35.7 Å². The molecular weight excluding hydrogens is 401 g/mol. The lowest BCUT2D eigenvalue weighted by Gasteiger charge is -2.34. The van der Waals surface area contributed by atoms with E-state index in [2.05, 4.69) is 21.6 Å². The van der Waals surface area contributed by atoms with Crippen molar-refractivity contribution in [2.24, 2.45) is 5.92 Å². The summed E-state index contributed by atoms with van der Waals surface area (Å²) in [4.78, 5) is 28.3. The SMILES string of the molecule is Cc1ccc(CNC(=O)C2CCN(C(C)C(=O)NCCc3cccs3)CC2)cc1F. The number of nitrogens with one attached hydrogen (secondary N) is 2. The Bertz CT molecular complexity index is 848. The molecule has 1 aromatic carbocycles. The van der Waals surface area contributed by atoms with Gasteiger partial charge < -0.3 is 10.6 Å². The molecule has 0 radical (unpaired) electrons. The van der Waals surface area contributed by atoms with E-state index in [1.165, 1.54) is 10.9 Å². The van der Waals surface area contributed by atoms with E-state index in [4.69, 9.17) is 0 Å². The van der Waals surface area contributed by atoms with Crippen LogP contribution in [0.2, 0.25) is 0 Å². The third-order valence-corrected chi connectivity index (χ3v) is 6.72. The predicted octanol–water partition coefficient (Wildman–Crippen LogP) is 3.27. The molecule has 1 aliphatic rings. The van der Waals surface area contributed by atoms with Gasteiger partial charge in [-0.3, -0.25) is 14.5 Å². The van der Waals surface area contributed by atoms with Crippen LogP contribution in [-0.4, -0.2) is 42.4 Å². The number of amides is 2. The van der Waals surface area contributed by atoms with Gasteiger partial charge in [0.1, 0.15) is 5.82 Å². The van der Waals surface area contributed by atoms with Crippen molar-refractivity contribution >= 4 is 23.2 Å². The van der Waals surface area contributed by atoms with E-state index in [0.29, 0.717) is 18.7 Å². The van der Waals surface area contributed by atoms with E-state index in [-0.39, 0.29) is 29.6 Å². The van der Waals surface area contributed by atoms with Gasteiger partial charge in [-0.1, -0.05) is 18.2 Å². The average molecular weight is 432 g/mol. The maximum absolute atomic E-state index is 13.6. The first-order chi connectivity index (χ1) is 14.4. The number of hydrogen-bond acceptors (Lipinski definition) is 4. The van der Waals surface area contributed by atoms with Crippen LogP contribution in [0, 0.1) is 18.7 Å². The van der Waals surface area contributed by atoms with Crippen LogP contribution in [0.3, 0.4) is 0 Å². The van der Waals surface area contributed by atoms with Gasteiger partial charge in [-0.2, -0.15) is 0 Å². The molecule has 0 spiro atoms. The standard InChI is InChI=1S/C23H30FN3O2S/c1-16-5-6-18(14-21(16)24)15-26-23(29)19-8-11-27(12-9-19)17(2)22(28)25-10-7-20-4-3-13-30-20/h3-6,13-14,17,19H,7-12,15H2,1-2H3,(H,25,28)(H,26,29). The Balaban J connectivity index is 1.38. The van der Waals surface area contributed by atoms with Crippen molar-refractivity contribution in [2.45, 2.75) is 45.7 Å². The number of likely N-dealkylation sites (tertiary alicyclic amines) is 1. The molecule has 1 atom stereocenters. The van der Waals surface area contributed by atoms with Crippen molar-refractivity contribution < 1.29 is 14.0 Å². The van der Waals surface area contributed by atoms with Crippen molar-refractivity contribution in [2.75, 3.05) is 19.6 Å². The summed E-state index contributed by atoms with van der Waals surface area (Å²) in [5.41, 5.74) is 1.36. The highest BCUT2D eigenvalue weighted by molar-refractivity contribution is 7.09. The normalized spacial score (nSPS) is 16.2.